The third kappa shape index (κ3) is 7.15. The molecule has 0 spiro atoms. The molecule has 164 valence electrons. The summed E-state index contributed by atoms with van der Waals surface area (Å²) in [5.74, 6) is 0.102. The second kappa shape index (κ2) is 12.4. The third-order valence-electron chi connectivity index (χ3n) is 4.62. The number of nitrogens with two attached hydrogens (primary N) is 1. The summed E-state index contributed by atoms with van der Waals surface area (Å²) in [4.78, 5) is 14.7. The van der Waals surface area contributed by atoms with Crippen LogP contribution in [0.4, 0.5) is 0 Å². The van der Waals surface area contributed by atoms with Gasteiger partial charge in [-0.15, -0.1) is 0 Å². The van der Waals surface area contributed by atoms with E-state index in [4.69, 9.17) is 10.5 Å². The Kier molecular flexibility index (Phi) is 9.59. The molecular weight excluding hydrogens is 388 g/mol. The number of amides is 1. The molecule has 0 heterocycles. The maximum atomic E-state index is 13.0. The van der Waals surface area contributed by atoms with Gasteiger partial charge in [0.2, 0.25) is 0 Å². The molecule has 0 saturated carbocycles. The van der Waals surface area contributed by atoms with Crippen molar-refractivity contribution in [3.8, 4) is 11.5 Å². The molecule has 0 aliphatic heterocycles. The van der Waals surface area contributed by atoms with Crippen LogP contribution in [0.5, 0.6) is 11.5 Å². The minimum absolute atomic E-state index is 0.0604. The van der Waals surface area contributed by atoms with Crippen LogP contribution in [-0.2, 0) is 13.2 Å². The van der Waals surface area contributed by atoms with Gasteiger partial charge in [-0.3, -0.25) is 4.79 Å². The molecule has 0 fully saturated rings. The van der Waals surface area contributed by atoms with Gasteiger partial charge in [0.15, 0.2) is 11.5 Å². The molecule has 0 aliphatic rings. The molecule has 0 unspecified atom stereocenters. The fourth-order valence-electron chi connectivity index (χ4n) is 3.01. The zero-order chi connectivity index (χ0) is 22.6. The molecule has 31 heavy (non-hydrogen) atoms. The summed E-state index contributed by atoms with van der Waals surface area (Å²) in [7, 11) is 0. The number of carbonyl (C=O) groups excluding carboxylic acids is 1. The van der Waals surface area contributed by atoms with E-state index in [0.717, 1.165) is 11.1 Å². The highest BCUT2D eigenvalue weighted by Gasteiger charge is 2.17. The largest absolute Gasteiger partial charge is 0.504 e. The smallest absolute Gasteiger partial charge is 0.254 e. The van der Waals surface area contributed by atoms with Crippen LogP contribution in [0.1, 0.15) is 40.9 Å². The Hall–Kier alpha value is -3.31. The minimum atomic E-state index is -0.180. The van der Waals surface area contributed by atoms with Gasteiger partial charge in [-0.1, -0.05) is 74.0 Å². The molecular formula is C26H32N2O3. The average molecular weight is 421 g/mol. The second-order valence-electron chi connectivity index (χ2n) is 6.96. The summed E-state index contributed by atoms with van der Waals surface area (Å²) in [5.41, 5.74) is 9.31. The number of carbonyl (C=O) groups is 1. The Morgan fingerprint density at radius 2 is 1.65 bits per heavy atom. The van der Waals surface area contributed by atoms with Gasteiger partial charge < -0.3 is 20.5 Å². The predicted octanol–water partition coefficient (Wildman–Crippen LogP) is 4.91. The summed E-state index contributed by atoms with van der Waals surface area (Å²) in [6.07, 6.45) is 0. The normalized spacial score (nSPS) is 10.1. The molecule has 0 saturated heterocycles. The van der Waals surface area contributed by atoms with E-state index in [9.17, 15) is 9.90 Å². The molecule has 3 rings (SSSR count). The van der Waals surface area contributed by atoms with Crippen molar-refractivity contribution in [1.82, 2.24) is 4.90 Å². The van der Waals surface area contributed by atoms with Crippen LogP contribution in [0.2, 0.25) is 0 Å². The number of nitrogens with zero attached hydrogens (tertiary/aromatic N) is 1. The molecule has 3 aromatic carbocycles. The topological polar surface area (TPSA) is 75.8 Å². The van der Waals surface area contributed by atoms with Crippen LogP contribution in [0.3, 0.4) is 0 Å². The molecule has 5 nitrogen and oxygen atoms in total. The van der Waals surface area contributed by atoms with Crippen molar-refractivity contribution >= 4 is 5.91 Å². The Morgan fingerprint density at radius 1 is 0.968 bits per heavy atom. The molecule has 0 atom stereocenters. The van der Waals surface area contributed by atoms with Crippen LogP contribution < -0.4 is 10.5 Å². The van der Waals surface area contributed by atoms with Crippen LogP contribution in [0, 0.1) is 6.92 Å². The lowest BCUT2D eigenvalue weighted by Gasteiger charge is -2.22. The number of aryl methyl sites for hydroxylation is 1. The van der Waals surface area contributed by atoms with Gasteiger partial charge >= 0.3 is 0 Å². The van der Waals surface area contributed by atoms with E-state index in [1.165, 1.54) is 11.6 Å². The number of hydrogen-bond donors (Lipinski definition) is 2. The van der Waals surface area contributed by atoms with E-state index in [0.29, 0.717) is 37.6 Å². The maximum absolute atomic E-state index is 13.0. The molecule has 0 bridgehead atoms. The van der Waals surface area contributed by atoms with Gasteiger partial charge in [0.1, 0.15) is 6.61 Å². The first-order chi connectivity index (χ1) is 15.1. The SMILES string of the molecule is CC.Cc1ccc(CN(CCN)C(=O)c2ccc(OCc3ccccc3)c(O)c2)cc1. The number of hydrogen-bond acceptors (Lipinski definition) is 4. The van der Waals surface area contributed by atoms with Crippen molar-refractivity contribution in [3.63, 3.8) is 0 Å². The van der Waals surface area contributed by atoms with E-state index in [2.05, 4.69) is 0 Å². The van der Waals surface area contributed by atoms with Crippen LogP contribution in [0.25, 0.3) is 0 Å². The molecule has 5 heteroatoms. The second-order valence-corrected chi connectivity index (χ2v) is 6.96. The number of aromatic hydroxyl groups is 1. The van der Waals surface area contributed by atoms with Gasteiger partial charge in [0, 0.05) is 25.2 Å². The summed E-state index contributed by atoms with van der Waals surface area (Å²) < 4.78 is 5.68. The lowest BCUT2D eigenvalue weighted by Crippen LogP contribution is -2.34. The summed E-state index contributed by atoms with van der Waals surface area (Å²) in [6.45, 7) is 7.62. The number of rotatable bonds is 8. The lowest BCUT2D eigenvalue weighted by molar-refractivity contribution is 0.0747. The Labute approximate surface area is 185 Å². The van der Waals surface area contributed by atoms with Crippen LogP contribution in [-0.4, -0.2) is 29.0 Å². The van der Waals surface area contributed by atoms with Gasteiger partial charge in [-0.05, 0) is 36.2 Å². The maximum Gasteiger partial charge on any atom is 0.254 e. The van der Waals surface area contributed by atoms with Crippen LogP contribution >= 0.6 is 0 Å². The Morgan fingerprint density at radius 3 is 2.26 bits per heavy atom. The van der Waals surface area contributed by atoms with Gasteiger partial charge in [0.05, 0.1) is 0 Å². The quantitative estimate of drug-likeness (QED) is 0.543. The van der Waals surface area contributed by atoms with Crippen molar-refractivity contribution in [2.24, 2.45) is 5.73 Å². The predicted molar refractivity (Wildman–Crippen MR) is 125 cm³/mol. The molecule has 0 aliphatic carbocycles. The van der Waals surface area contributed by atoms with Crippen molar-refractivity contribution in [1.29, 1.82) is 0 Å². The van der Waals surface area contributed by atoms with Gasteiger partial charge in [0.25, 0.3) is 5.91 Å². The van der Waals surface area contributed by atoms with E-state index >= 15 is 0 Å². The highest BCUT2D eigenvalue weighted by molar-refractivity contribution is 5.94. The van der Waals surface area contributed by atoms with Crippen LogP contribution in [0.15, 0.2) is 72.8 Å². The first-order valence-electron chi connectivity index (χ1n) is 10.6. The number of phenols is 1. The zero-order valence-electron chi connectivity index (χ0n) is 18.5. The first-order valence-corrected chi connectivity index (χ1v) is 10.6. The minimum Gasteiger partial charge on any atom is -0.504 e. The monoisotopic (exact) mass is 420 g/mol. The Balaban J connectivity index is 0.00000166. The van der Waals surface area contributed by atoms with E-state index < -0.39 is 0 Å². The first kappa shape index (κ1) is 24.0. The molecule has 0 aromatic heterocycles. The summed E-state index contributed by atoms with van der Waals surface area (Å²) in [5, 5.41) is 10.3. The van der Waals surface area contributed by atoms with Gasteiger partial charge in [-0.2, -0.15) is 0 Å². The standard InChI is InChI=1S/C24H26N2O3.C2H6/c1-18-7-9-19(10-8-18)16-26(14-13-25)24(28)21-11-12-23(22(27)15-21)29-17-20-5-3-2-4-6-20;1-2/h2-12,15,27H,13-14,16-17,25H2,1H3;1-2H3. The van der Waals surface area contributed by atoms with Gasteiger partial charge in [-0.25, -0.2) is 0 Å². The van der Waals surface area contributed by atoms with E-state index in [1.807, 2.05) is 75.4 Å². The summed E-state index contributed by atoms with van der Waals surface area (Å²) >= 11 is 0. The Bertz CT molecular complexity index is 941. The van der Waals surface area contributed by atoms with Crippen molar-refractivity contribution in [3.05, 3.63) is 95.1 Å². The molecule has 3 N–H and O–H groups in total. The molecule has 3 aromatic rings. The fourth-order valence-corrected chi connectivity index (χ4v) is 3.01. The average Bonchev–Trinajstić information content (AvgIpc) is 2.81. The third-order valence-corrected chi connectivity index (χ3v) is 4.62. The summed E-state index contributed by atoms with van der Waals surface area (Å²) in [6, 6.07) is 22.5. The fraction of sp³-hybridized carbons (Fsp3) is 0.269. The highest BCUT2D eigenvalue weighted by Crippen LogP contribution is 2.28. The number of benzene rings is 3. The zero-order valence-corrected chi connectivity index (χ0v) is 18.5. The van der Waals surface area contributed by atoms with Crippen molar-refractivity contribution in [2.75, 3.05) is 13.1 Å². The van der Waals surface area contributed by atoms with E-state index in [1.54, 1.807) is 17.0 Å². The number of ether oxygens (including phenoxy) is 1. The molecule has 0 radical (unpaired) electrons. The number of phenolic OH excluding ortho intramolecular Hbond substituents is 1. The highest BCUT2D eigenvalue weighted by atomic mass is 16.5. The molecule has 1 amide bonds. The van der Waals surface area contributed by atoms with Crippen molar-refractivity contribution in [2.45, 2.75) is 33.9 Å². The van der Waals surface area contributed by atoms with E-state index in [-0.39, 0.29) is 11.7 Å². The lowest BCUT2D eigenvalue weighted by atomic mass is 10.1. The van der Waals surface area contributed by atoms with Crippen molar-refractivity contribution < 1.29 is 14.6 Å².